The molecule has 0 unspecified atom stereocenters. The van der Waals surface area contributed by atoms with Gasteiger partial charge in [0.15, 0.2) is 0 Å². The van der Waals surface area contributed by atoms with E-state index in [1.807, 2.05) is 25.6 Å². The average Bonchev–Trinajstić information content (AvgIpc) is 2.77. The van der Waals surface area contributed by atoms with Crippen LogP contribution < -0.4 is 15.1 Å². The molecule has 0 radical (unpaired) electrons. The molecule has 3 aromatic rings. The van der Waals surface area contributed by atoms with Crippen molar-refractivity contribution in [2.75, 3.05) is 68.0 Å². The average molecular weight is 472 g/mol. The Morgan fingerprint density at radius 1 is 0.943 bits per heavy atom. The van der Waals surface area contributed by atoms with Gasteiger partial charge in [0.1, 0.15) is 5.82 Å². The maximum atomic E-state index is 5.50. The Morgan fingerprint density at radius 2 is 1.74 bits per heavy atom. The van der Waals surface area contributed by atoms with Gasteiger partial charge in [-0.2, -0.15) is 0 Å². The lowest BCUT2D eigenvalue weighted by atomic mass is 9.61. The molecule has 35 heavy (non-hydrogen) atoms. The first kappa shape index (κ1) is 21.3. The van der Waals surface area contributed by atoms with Crippen molar-refractivity contribution in [3.05, 3.63) is 42.7 Å². The Morgan fingerprint density at radius 3 is 2.46 bits per heavy atom. The number of benzene rings is 1. The fourth-order valence-corrected chi connectivity index (χ4v) is 6.65. The number of para-hydroxylation sites is 1. The summed E-state index contributed by atoms with van der Waals surface area (Å²) in [5.41, 5.74) is 4.33. The first-order valence-electron chi connectivity index (χ1n) is 12.8. The van der Waals surface area contributed by atoms with Gasteiger partial charge in [-0.15, -0.1) is 0 Å². The van der Waals surface area contributed by atoms with Crippen molar-refractivity contribution in [1.82, 2.24) is 19.9 Å². The van der Waals surface area contributed by atoms with Crippen LogP contribution in [0.3, 0.4) is 0 Å². The van der Waals surface area contributed by atoms with Gasteiger partial charge < -0.3 is 24.8 Å². The summed E-state index contributed by atoms with van der Waals surface area (Å²) >= 11 is 0. The van der Waals surface area contributed by atoms with Crippen LogP contribution in [-0.2, 0) is 4.74 Å². The van der Waals surface area contributed by atoms with E-state index >= 15 is 0 Å². The Bertz CT molecular complexity index is 1230. The number of likely N-dealkylation sites (tertiary alicyclic amines) is 1. The highest BCUT2D eigenvalue weighted by molar-refractivity contribution is 5.91. The third-order valence-corrected chi connectivity index (χ3v) is 8.61. The van der Waals surface area contributed by atoms with Crippen molar-refractivity contribution < 1.29 is 4.74 Å². The van der Waals surface area contributed by atoms with Crippen LogP contribution >= 0.6 is 0 Å². The van der Waals surface area contributed by atoms with Gasteiger partial charge in [-0.25, -0.2) is 15.0 Å². The Hall–Kier alpha value is -2.97. The summed E-state index contributed by atoms with van der Waals surface area (Å²) in [4.78, 5) is 21.5. The normalized spacial score (nSPS) is 22.6. The van der Waals surface area contributed by atoms with Crippen LogP contribution in [0.1, 0.15) is 19.8 Å². The summed E-state index contributed by atoms with van der Waals surface area (Å²) in [5, 5.41) is 4.37. The van der Waals surface area contributed by atoms with E-state index in [1.165, 1.54) is 37.3 Å². The molecule has 0 bridgehead atoms. The van der Waals surface area contributed by atoms with Crippen LogP contribution in [0.4, 0.5) is 23.1 Å². The van der Waals surface area contributed by atoms with Crippen molar-refractivity contribution in [1.29, 1.82) is 0 Å². The second kappa shape index (κ2) is 7.77. The SMILES string of the molecule is CCN1CC2(C1)CN(c1ccc(Nc3ncc4cccc(N5CC6(CC(OC)C6)C5)c4n3)nc1)C2. The Kier molecular flexibility index (Phi) is 4.73. The van der Waals surface area contributed by atoms with E-state index in [0.29, 0.717) is 22.9 Å². The molecule has 2 aromatic heterocycles. The molecule has 7 rings (SSSR count). The van der Waals surface area contributed by atoms with Gasteiger partial charge in [-0.1, -0.05) is 19.1 Å². The highest BCUT2D eigenvalue weighted by Gasteiger charge is 2.53. The first-order valence-corrected chi connectivity index (χ1v) is 12.8. The number of rotatable bonds is 6. The lowest BCUT2D eigenvalue weighted by Crippen LogP contribution is -2.72. The quantitative estimate of drug-likeness (QED) is 0.586. The largest absolute Gasteiger partial charge is 0.381 e. The minimum absolute atomic E-state index is 0.437. The number of methoxy groups -OCH3 is 1. The number of hydrogen-bond donors (Lipinski definition) is 1. The first-order chi connectivity index (χ1) is 17.1. The molecule has 3 saturated heterocycles. The molecular formula is C27H33N7O. The molecule has 4 fully saturated rings. The molecular weight excluding hydrogens is 438 g/mol. The van der Waals surface area contributed by atoms with Crippen molar-refractivity contribution >= 4 is 34.0 Å². The van der Waals surface area contributed by atoms with Gasteiger partial charge >= 0.3 is 0 Å². The second-order valence-corrected chi connectivity index (χ2v) is 11.2. The molecule has 4 aliphatic rings. The van der Waals surface area contributed by atoms with E-state index in [2.05, 4.69) is 61.2 Å². The zero-order valence-electron chi connectivity index (χ0n) is 20.6. The maximum absolute atomic E-state index is 5.50. The van der Waals surface area contributed by atoms with Crippen LogP contribution in [0.15, 0.2) is 42.7 Å². The molecule has 5 heterocycles. The molecule has 0 atom stereocenters. The predicted molar refractivity (Wildman–Crippen MR) is 138 cm³/mol. The number of nitrogens with zero attached hydrogens (tertiary/aromatic N) is 6. The van der Waals surface area contributed by atoms with E-state index in [-0.39, 0.29) is 0 Å². The van der Waals surface area contributed by atoms with Crippen molar-refractivity contribution in [2.45, 2.75) is 25.9 Å². The van der Waals surface area contributed by atoms with E-state index in [4.69, 9.17) is 9.72 Å². The molecule has 2 spiro atoms. The predicted octanol–water partition coefficient (Wildman–Crippen LogP) is 3.53. The van der Waals surface area contributed by atoms with E-state index in [9.17, 15) is 0 Å². The second-order valence-electron chi connectivity index (χ2n) is 11.2. The van der Waals surface area contributed by atoms with Crippen LogP contribution in [-0.4, -0.2) is 78.9 Å². The maximum Gasteiger partial charge on any atom is 0.228 e. The summed E-state index contributed by atoms with van der Waals surface area (Å²) in [6.45, 7) is 10.3. The minimum Gasteiger partial charge on any atom is -0.381 e. The third kappa shape index (κ3) is 3.53. The lowest BCUT2D eigenvalue weighted by molar-refractivity contribution is -0.0730. The monoisotopic (exact) mass is 471 g/mol. The summed E-state index contributed by atoms with van der Waals surface area (Å²) in [6.07, 6.45) is 6.64. The Labute approximate surface area is 206 Å². The number of hydrogen-bond acceptors (Lipinski definition) is 8. The van der Waals surface area contributed by atoms with E-state index < -0.39 is 0 Å². The fourth-order valence-electron chi connectivity index (χ4n) is 6.65. The number of fused-ring (bicyclic) bond motifs is 1. The summed E-state index contributed by atoms with van der Waals surface area (Å²) < 4.78 is 5.50. The number of aromatic nitrogens is 3. The van der Waals surface area contributed by atoms with Crippen molar-refractivity contribution in [2.24, 2.45) is 10.8 Å². The highest BCUT2D eigenvalue weighted by atomic mass is 16.5. The molecule has 182 valence electrons. The van der Waals surface area contributed by atoms with Gasteiger partial charge in [-0.3, -0.25) is 0 Å². The summed E-state index contributed by atoms with van der Waals surface area (Å²) in [7, 11) is 1.82. The molecule has 1 saturated carbocycles. The van der Waals surface area contributed by atoms with Gasteiger partial charge in [0.05, 0.1) is 29.2 Å². The third-order valence-electron chi connectivity index (χ3n) is 8.61. The van der Waals surface area contributed by atoms with Gasteiger partial charge in [0.25, 0.3) is 0 Å². The topological polar surface area (TPSA) is 69.7 Å². The lowest BCUT2D eigenvalue weighted by Gasteiger charge is -2.61. The summed E-state index contributed by atoms with van der Waals surface area (Å²) in [6, 6.07) is 10.5. The van der Waals surface area contributed by atoms with Crippen LogP contribution in [0, 0.1) is 10.8 Å². The molecule has 1 aliphatic carbocycles. The van der Waals surface area contributed by atoms with Gasteiger partial charge in [0, 0.05) is 68.8 Å². The zero-order chi connectivity index (χ0) is 23.6. The molecule has 1 aromatic carbocycles. The molecule has 8 nitrogen and oxygen atoms in total. The number of anilines is 4. The number of pyridine rings is 1. The minimum atomic E-state index is 0.437. The van der Waals surface area contributed by atoms with E-state index in [1.54, 1.807) is 0 Å². The number of ether oxygens (including phenoxy) is 1. The highest BCUT2D eigenvalue weighted by Crippen LogP contribution is 2.51. The van der Waals surface area contributed by atoms with Gasteiger partial charge in [0.2, 0.25) is 5.95 Å². The number of nitrogens with one attached hydrogen (secondary N) is 1. The van der Waals surface area contributed by atoms with Crippen LogP contribution in [0.25, 0.3) is 10.9 Å². The van der Waals surface area contributed by atoms with Crippen LogP contribution in [0.2, 0.25) is 0 Å². The zero-order valence-corrected chi connectivity index (χ0v) is 20.6. The Balaban J connectivity index is 1.03. The molecule has 1 N–H and O–H groups in total. The summed E-state index contributed by atoms with van der Waals surface area (Å²) in [5.74, 6) is 1.35. The van der Waals surface area contributed by atoms with E-state index in [0.717, 1.165) is 49.4 Å². The molecule has 8 heteroatoms. The standard InChI is InChI=1S/C27H33N7O/c1-3-32-13-27(14-32)17-33(18-27)20-7-8-23(28-12-20)30-25-29-11-19-5-4-6-22(24(19)31-25)34-15-26(16-34)9-21(10-26)35-2/h4-8,11-12,21H,3,9-10,13-18H2,1-2H3,(H,28,29,30,31). The molecule has 3 aliphatic heterocycles. The van der Waals surface area contributed by atoms with Crippen molar-refractivity contribution in [3.63, 3.8) is 0 Å². The van der Waals surface area contributed by atoms with Gasteiger partial charge in [-0.05, 0) is 37.6 Å². The smallest absolute Gasteiger partial charge is 0.228 e. The fraction of sp³-hybridized carbons (Fsp3) is 0.519. The molecule has 0 amide bonds. The van der Waals surface area contributed by atoms with Crippen LogP contribution in [0.5, 0.6) is 0 Å². The van der Waals surface area contributed by atoms with Crippen molar-refractivity contribution in [3.8, 4) is 0 Å².